The normalized spacial score (nSPS) is 14.8. The van der Waals surface area contributed by atoms with Crippen molar-refractivity contribution in [2.24, 2.45) is 11.8 Å². The minimum Gasteiger partial charge on any atom is -0.494 e. The van der Waals surface area contributed by atoms with E-state index in [1.54, 1.807) is 6.07 Å². The van der Waals surface area contributed by atoms with Crippen LogP contribution in [0, 0.1) is 17.7 Å². The van der Waals surface area contributed by atoms with E-state index in [0.29, 0.717) is 11.8 Å². The molecule has 1 aromatic carbocycles. The van der Waals surface area contributed by atoms with Crippen LogP contribution in [-0.2, 0) is 6.42 Å². The Morgan fingerprint density at radius 2 is 1.94 bits per heavy atom. The Morgan fingerprint density at radius 3 is 2.35 bits per heavy atom. The predicted molar refractivity (Wildman–Crippen MR) is 70.3 cm³/mol. The van der Waals surface area contributed by atoms with E-state index >= 15 is 0 Å². The second-order valence-corrected chi connectivity index (χ2v) is 5.45. The number of ether oxygens (including phenoxy) is 1. The average molecular weight is 259 g/mol. The van der Waals surface area contributed by atoms with E-state index in [2.05, 4.69) is 13.8 Å². The highest BCUT2D eigenvalue weighted by atomic mass is 35.5. The van der Waals surface area contributed by atoms with Crippen molar-refractivity contribution in [3.8, 4) is 5.75 Å². The van der Waals surface area contributed by atoms with Crippen molar-refractivity contribution >= 4 is 11.6 Å². The molecule has 0 saturated heterocycles. The Balaban J connectivity index is 2.83. The number of rotatable bonds is 5. The fraction of sp³-hybridized carbons (Fsp3) is 0.571. The molecule has 0 N–H and O–H groups in total. The van der Waals surface area contributed by atoms with E-state index in [0.717, 1.165) is 12.0 Å². The Kier molecular flexibility index (Phi) is 5.26. The summed E-state index contributed by atoms with van der Waals surface area (Å²) >= 11 is 6.17. The van der Waals surface area contributed by atoms with Gasteiger partial charge in [-0.1, -0.05) is 19.9 Å². The fourth-order valence-electron chi connectivity index (χ4n) is 2.04. The van der Waals surface area contributed by atoms with Crippen molar-refractivity contribution < 1.29 is 9.13 Å². The molecule has 3 heteroatoms. The van der Waals surface area contributed by atoms with Crippen molar-refractivity contribution in [3.05, 3.63) is 29.6 Å². The number of benzene rings is 1. The van der Waals surface area contributed by atoms with E-state index in [-0.39, 0.29) is 16.9 Å². The number of hydrogen-bond acceptors (Lipinski definition) is 1. The van der Waals surface area contributed by atoms with Gasteiger partial charge >= 0.3 is 0 Å². The quantitative estimate of drug-likeness (QED) is 0.717. The summed E-state index contributed by atoms with van der Waals surface area (Å²) in [5.41, 5.74) is 0.967. The maximum Gasteiger partial charge on any atom is 0.165 e. The van der Waals surface area contributed by atoms with Crippen molar-refractivity contribution in [3.63, 3.8) is 0 Å². The van der Waals surface area contributed by atoms with Crippen molar-refractivity contribution in [1.29, 1.82) is 0 Å². The Bertz CT molecular complexity index is 355. The zero-order valence-electron chi connectivity index (χ0n) is 10.8. The third kappa shape index (κ3) is 3.88. The van der Waals surface area contributed by atoms with Gasteiger partial charge in [0.25, 0.3) is 0 Å². The molecule has 0 aliphatic carbocycles. The lowest BCUT2D eigenvalue weighted by Gasteiger charge is -2.23. The monoisotopic (exact) mass is 258 g/mol. The van der Waals surface area contributed by atoms with Crippen molar-refractivity contribution in [2.45, 2.75) is 32.6 Å². The topological polar surface area (TPSA) is 9.23 Å². The first kappa shape index (κ1) is 14.3. The van der Waals surface area contributed by atoms with E-state index < -0.39 is 0 Å². The summed E-state index contributed by atoms with van der Waals surface area (Å²) in [6, 6.07) is 5.10. The fourth-order valence-corrected chi connectivity index (χ4v) is 2.42. The second-order valence-electron chi connectivity index (χ2n) is 4.76. The summed E-state index contributed by atoms with van der Waals surface area (Å²) < 4.78 is 18.4. The largest absolute Gasteiger partial charge is 0.494 e. The smallest absolute Gasteiger partial charge is 0.165 e. The summed E-state index contributed by atoms with van der Waals surface area (Å²) in [6.45, 7) is 6.28. The molecule has 96 valence electrons. The van der Waals surface area contributed by atoms with Gasteiger partial charge in [0.15, 0.2) is 11.6 Å². The lowest BCUT2D eigenvalue weighted by atomic mass is 9.87. The summed E-state index contributed by atoms with van der Waals surface area (Å²) in [5, 5.41) is 0.0835. The van der Waals surface area contributed by atoms with Crippen LogP contribution < -0.4 is 4.74 Å². The molecule has 0 aliphatic rings. The molecule has 1 nitrogen and oxygen atoms in total. The van der Waals surface area contributed by atoms with Gasteiger partial charge in [-0.15, -0.1) is 11.6 Å². The second kappa shape index (κ2) is 6.25. The molecule has 2 unspecified atom stereocenters. The van der Waals surface area contributed by atoms with Crippen LogP contribution in [0.15, 0.2) is 18.2 Å². The van der Waals surface area contributed by atoms with Gasteiger partial charge in [0, 0.05) is 5.38 Å². The molecule has 0 aromatic heterocycles. The third-order valence-electron chi connectivity index (χ3n) is 3.13. The van der Waals surface area contributed by atoms with Gasteiger partial charge < -0.3 is 4.74 Å². The summed E-state index contributed by atoms with van der Waals surface area (Å²) in [4.78, 5) is 0. The molecular formula is C14H20ClFO. The first-order chi connectivity index (χ1) is 7.95. The van der Waals surface area contributed by atoms with Gasteiger partial charge in [-0.3, -0.25) is 0 Å². The Hall–Kier alpha value is -0.760. The molecule has 0 amide bonds. The van der Waals surface area contributed by atoms with Crippen LogP contribution in [0.4, 0.5) is 4.39 Å². The van der Waals surface area contributed by atoms with E-state index in [9.17, 15) is 4.39 Å². The number of hydrogen-bond donors (Lipinski definition) is 0. The van der Waals surface area contributed by atoms with Crippen LogP contribution in [0.5, 0.6) is 5.75 Å². The molecule has 0 radical (unpaired) electrons. The molecule has 0 bridgehead atoms. The summed E-state index contributed by atoms with van der Waals surface area (Å²) in [6.07, 6.45) is 0.795. The average Bonchev–Trinajstić information content (AvgIpc) is 2.25. The van der Waals surface area contributed by atoms with E-state index in [1.165, 1.54) is 13.2 Å². The molecule has 0 fully saturated rings. The van der Waals surface area contributed by atoms with Crippen LogP contribution in [0.3, 0.4) is 0 Å². The van der Waals surface area contributed by atoms with Gasteiger partial charge in [-0.05, 0) is 42.9 Å². The molecule has 17 heavy (non-hydrogen) atoms. The summed E-state index contributed by atoms with van der Waals surface area (Å²) in [7, 11) is 1.47. The molecule has 0 spiro atoms. The first-order valence-electron chi connectivity index (χ1n) is 5.92. The van der Waals surface area contributed by atoms with Crippen LogP contribution >= 0.6 is 11.6 Å². The Morgan fingerprint density at radius 1 is 1.29 bits per heavy atom. The van der Waals surface area contributed by atoms with E-state index in [1.807, 2.05) is 13.0 Å². The molecule has 0 aliphatic heterocycles. The van der Waals surface area contributed by atoms with Crippen molar-refractivity contribution in [2.75, 3.05) is 7.11 Å². The highest BCUT2D eigenvalue weighted by molar-refractivity contribution is 6.20. The van der Waals surface area contributed by atoms with Gasteiger partial charge in [-0.25, -0.2) is 4.39 Å². The van der Waals surface area contributed by atoms with Crippen LogP contribution in [0.1, 0.15) is 26.3 Å². The van der Waals surface area contributed by atoms with Gasteiger partial charge in [0.2, 0.25) is 0 Å². The molecular weight excluding hydrogens is 239 g/mol. The van der Waals surface area contributed by atoms with Gasteiger partial charge in [0.05, 0.1) is 7.11 Å². The minimum atomic E-state index is -0.310. The summed E-state index contributed by atoms with van der Waals surface area (Å²) in [5.74, 6) is 0.806. The maximum atomic E-state index is 13.5. The maximum absolute atomic E-state index is 13.5. The molecule has 0 heterocycles. The minimum absolute atomic E-state index is 0.0835. The standard InChI is InChI=1S/C14H20ClFO/c1-9(2)12(10(3)15)7-11-5-6-14(17-4)13(16)8-11/h5-6,8-10,12H,7H2,1-4H3. The lowest BCUT2D eigenvalue weighted by molar-refractivity contribution is 0.372. The molecule has 1 rings (SSSR count). The molecule has 0 saturated carbocycles. The third-order valence-corrected chi connectivity index (χ3v) is 3.46. The Labute approximate surface area is 108 Å². The highest BCUT2D eigenvalue weighted by Gasteiger charge is 2.20. The molecule has 2 atom stereocenters. The van der Waals surface area contributed by atoms with Crippen LogP contribution in [0.2, 0.25) is 0 Å². The number of methoxy groups -OCH3 is 1. The number of halogens is 2. The zero-order valence-corrected chi connectivity index (χ0v) is 11.6. The van der Waals surface area contributed by atoms with Gasteiger partial charge in [-0.2, -0.15) is 0 Å². The molecule has 1 aromatic rings. The van der Waals surface area contributed by atoms with E-state index in [4.69, 9.17) is 16.3 Å². The first-order valence-corrected chi connectivity index (χ1v) is 6.35. The zero-order chi connectivity index (χ0) is 13.0. The van der Waals surface area contributed by atoms with Crippen LogP contribution in [-0.4, -0.2) is 12.5 Å². The predicted octanol–water partition coefficient (Wildman–Crippen LogP) is 4.28. The van der Waals surface area contributed by atoms with Gasteiger partial charge in [0.1, 0.15) is 0 Å². The highest BCUT2D eigenvalue weighted by Crippen LogP contribution is 2.26. The number of alkyl halides is 1. The lowest BCUT2D eigenvalue weighted by Crippen LogP contribution is -2.20. The van der Waals surface area contributed by atoms with Crippen molar-refractivity contribution in [1.82, 2.24) is 0 Å². The SMILES string of the molecule is COc1ccc(CC(C(C)C)C(C)Cl)cc1F. The van der Waals surface area contributed by atoms with Crippen LogP contribution in [0.25, 0.3) is 0 Å².